The number of rotatable bonds is 2. The van der Waals surface area contributed by atoms with Crippen molar-refractivity contribution in [2.45, 2.75) is 39.0 Å². The smallest absolute Gasteiger partial charge is 0.282 e. The fourth-order valence-corrected chi connectivity index (χ4v) is 2.37. The highest BCUT2D eigenvalue weighted by molar-refractivity contribution is 7.85. The van der Waals surface area contributed by atoms with Crippen molar-refractivity contribution in [3.63, 3.8) is 0 Å². The fourth-order valence-electron chi connectivity index (χ4n) is 1.67. The summed E-state index contributed by atoms with van der Waals surface area (Å²) in [6.07, 6.45) is 0.615. The van der Waals surface area contributed by atoms with Gasteiger partial charge >= 0.3 is 0 Å². The first-order chi connectivity index (χ1) is 7.09. The van der Waals surface area contributed by atoms with Gasteiger partial charge in [0.1, 0.15) is 0 Å². The molecule has 0 amide bonds. The van der Waals surface area contributed by atoms with Crippen LogP contribution < -0.4 is 0 Å². The first-order valence-corrected chi connectivity index (χ1v) is 6.61. The molecule has 1 N–H and O–H groups in total. The maximum absolute atomic E-state index is 11.2. The molecule has 0 fully saturated rings. The van der Waals surface area contributed by atoms with Crippen molar-refractivity contribution in [2.75, 3.05) is 0 Å². The van der Waals surface area contributed by atoms with E-state index in [1.165, 1.54) is 6.07 Å². The molecule has 16 heavy (non-hydrogen) atoms. The minimum absolute atomic E-state index is 0.0206. The van der Waals surface area contributed by atoms with Crippen molar-refractivity contribution in [1.29, 1.82) is 0 Å². The molecule has 1 aromatic rings. The van der Waals surface area contributed by atoms with Crippen LogP contribution in [-0.4, -0.2) is 13.0 Å². The number of benzene rings is 1. The summed E-state index contributed by atoms with van der Waals surface area (Å²) >= 11 is 0. The van der Waals surface area contributed by atoms with Crippen molar-refractivity contribution in [2.24, 2.45) is 5.41 Å². The van der Waals surface area contributed by atoms with Gasteiger partial charge in [-0.05, 0) is 30.4 Å². The molecule has 0 aliphatic rings. The molecule has 1 rings (SSSR count). The molecule has 0 radical (unpaired) electrons. The second kappa shape index (κ2) is 4.18. The van der Waals surface area contributed by atoms with Crippen molar-refractivity contribution < 1.29 is 13.0 Å². The van der Waals surface area contributed by atoms with Crippen LogP contribution >= 0.6 is 0 Å². The molecule has 3 nitrogen and oxygen atoms in total. The van der Waals surface area contributed by atoms with E-state index in [9.17, 15) is 8.42 Å². The second-order valence-corrected chi connectivity index (χ2v) is 6.71. The van der Waals surface area contributed by atoms with Gasteiger partial charge in [0.15, 0.2) is 0 Å². The van der Waals surface area contributed by atoms with Crippen molar-refractivity contribution >= 4 is 10.1 Å². The third kappa shape index (κ3) is 3.61. The largest absolute Gasteiger partial charge is 0.294 e. The van der Waals surface area contributed by atoms with Crippen LogP contribution in [0.15, 0.2) is 23.1 Å². The van der Waals surface area contributed by atoms with Gasteiger partial charge in [-0.2, -0.15) is 8.42 Å². The summed E-state index contributed by atoms with van der Waals surface area (Å²) in [5, 5.41) is 0. The lowest BCUT2D eigenvalue weighted by molar-refractivity contribution is 0.406. The summed E-state index contributed by atoms with van der Waals surface area (Å²) in [4.78, 5) is 0.0213. The van der Waals surface area contributed by atoms with Gasteiger partial charge in [0.2, 0.25) is 0 Å². The average molecular weight is 242 g/mol. The molecular weight excluding hydrogens is 224 g/mol. The van der Waals surface area contributed by atoms with Gasteiger partial charge in [0.25, 0.3) is 10.1 Å². The predicted octanol–water partition coefficient (Wildman–Crippen LogP) is 2.83. The minimum Gasteiger partial charge on any atom is -0.282 e. The average Bonchev–Trinajstić information content (AvgIpc) is 1.97. The molecule has 0 aliphatic carbocycles. The number of aryl methyl sites for hydroxylation is 1. The molecule has 0 saturated carbocycles. The summed E-state index contributed by atoms with van der Waals surface area (Å²) < 4.78 is 31.5. The summed E-state index contributed by atoms with van der Waals surface area (Å²) in [6.45, 7) is 8.00. The van der Waals surface area contributed by atoms with Gasteiger partial charge in [-0.3, -0.25) is 4.55 Å². The lowest BCUT2D eigenvalue weighted by Gasteiger charge is -2.20. The summed E-state index contributed by atoms with van der Waals surface area (Å²) in [7, 11) is -4.12. The normalized spacial score (nSPS) is 12.8. The van der Waals surface area contributed by atoms with E-state index in [4.69, 9.17) is 4.55 Å². The monoisotopic (exact) mass is 242 g/mol. The number of hydrogen-bond donors (Lipinski definition) is 1. The van der Waals surface area contributed by atoms with Crippen molar-refractivity contribution in [1.82, 2.24) is 0 Å². The first-order valence-electron chi connectivity index (χ1n) is 5.17. The lowest BCUT2D eigenvalue weighted by Crippen LogP contribution is -2.13. The van der Waals surface area contributed by atoms with Crippen LogP contribution in [0.4, 0.5) is 0 Å². The highest BCUT2D eigenvalue weighted by Gasteiger charge is 2.20. The molecule has 0 aliphatic heterocycles. The highest BCUT2D eigenvalue weighted by Crippen LogP contribution is 2.26. The maximum Gasteiger partial charge on any atom is 0.294 e. The second-order valence-electron chi connectivity index (χ2n) is 5.32. The van der Waals surface area contributed by atoms with Gasteiger partial charge in [-0.15, -0.1) is 0 Å². The quantitative estimate of drug-likeness (QED) is 0.811. The standard InChI is InChI=1S/C12H18O3S/c1-9-5-6-11(16(13,14)15)10(7-9)8-12(2,3)4/h5-7H,8H2,1-4H3,(H,13,14,15). The molecular formula is C12H18O3S. The van der Waals surface area contributed by atoms with Crippen LogP contribution in [0.25, 0.3) is 0 Å². The molecule has 0 saturated heterocycles. The van der Waals surface area contributed by atoms with E-state index in [1.54, 1.807) is 6.07 Å². The zero-order chi connectivity index (χ0) is 12.6. The molecule has 1 aromatic carbocycles. The first kappa shape index (κ1) is 13.2. The van der Waals surface area contributed by atoms with E-state index in [-0.39, 0.29) is 10.3 Å². The maximum atomic E-state index is 11.2. The fraction of sp³-hybridized carbons (Fsp3) is 0.500. The van der Waals surface area contributed by atoms with Crippen LogP contribution in [0.2, 0.25) is 0 Å². The Hall–Kier alpha value is -0.870. The Morgan fingerprint density at radius 2 is 1.81 bits per heavy atom. The minimum atomic E-state index is -4.12. The zero-order valence-corrected chi connectivity index (χ0v) is 10.9. The number of hydrogen-bond acceptors (Lipinski definition) is 2. The van der Waals surface area contributed by atoms with Crippen LogP contribution in [-0.2, 0) is 16.5 Å². The molecule has 0 spiro atoms. The van der Waals surface area contributed by atoms with E-state index in [0.717, 1.165) is 5.56 Å². The van der Waals surface area contributed by atoms with E-state index < -0.39 is 10.1 Å². The van der Waals surface area contributed by atoms with Gasteiger partial charge in [0, 0.05) is 0 Å². The van der Waals surface area contributed by atoms with Crippen LogP contribution in [0.1, 0.15) is 31.9 Å². The molecule has 4 heteroatoms. The van der Waals surface area contributed by atoms with Gasteiger partial charge < -0.3 is 0 Å². The Morgan fingerprint density at radius 3 is 2.25 bits per heavy atom. The summed E-state index contributed by atoms with van der Waals surface area (Å²) in [5.74, 6) is 0. The Kier molecular flexibility index (Phi) is 3.45. The summed E-state index contributed by atoms with van der Waals surface area (Å²) in [6, 6.07) is 4.97. The molecule has 0 bridgehead atoms. The van der Waals surface area contributed by atoms with Crippen LogP contribution in [0.5, 0.6) is 0 Å². The highest BCUT2D eigenvalue weighted by atomic mass is 32.2. The van der Waals surface area contributed by atoms with Gasteiger partial charge in [-0.1, -0.05) is 38.5 Å². The molecule has 0 heterocycles. The Balaban J connectivity index is 3.30. The predicted molar refractivity (Wildman–Crippen MR) is 64.2 cm³/mol. The molecule has 0 aromatic heterocycles. The molecule has 90 valence electrons. The molecule has 0 atom stereocenters. The van der Waals surface area contributed by atoms with Crippen LogP contribution in [0.3, 0.4) is 0 Å². The zero-order valence-electron chi connectivity index (χ0n) is 10.1. The third-order valence-corrected chi connectivity index (χ3v) is 3.17. The van der Waals surface area contributed by atoms with E-state index in [0.29, 0.717) is 12.0 Å². The van der Waals surface area contributed by atoms with Crippen molar-refractivity contribution in [3.8, 4) is 0 Å². The molecule has 0 unspecified atom stereocenters. The van der Waals surface area contributed by atoms with Gasteiger partial charge in [0.05, 0.1) is 4.90 Å². The lowest BCUT2D eigenvalue weighted by atomic mass is 9.88. The SMILES string of the molecule is Cc1ccc(S(=O)(=O)O)c(CC(C)(C)C)c1. The Morgan fingerprint density at radius 1 is 1.25 bits per heavy atom. The van der Waals surface area contributed by atoms with E-state index in [2.05, 4.69) is 0 Å². The topological polar surface area (TPSA) is 54.4 Å². The summed E-state index contributed by atoms with van der Waals surface area (Å²) in [5.41, 5.74) is 1.65. The van der Waals surface area contributed by atoms with Gasteiger partial charge in [-0.25, -0.2) is 0 Å². The van der Waals surface area contributed by atoms with Crippen molar-refractivity contribution in [3.05, 3.63) is 29.3 Å². The van der Waals surface area contributed by atoms with Crippen LogP contribution in [0, 0.1) is 12.3 Å². The van der Waals surface area contributed by atoms with E-state index >= 15 is 0 Å². The Bertz CT molecular complexity index is 481. The Labute approximate surface area is 97.2 Å². The third-order valence-electron chi connectivity index (χ3n) is 2.21. The van der Waals surface area contributed by atoms with E-state index in [1.807, 2.05) is 33.8 Å².